The van der Waals surface area contributed by atoms with Gasteiger partial charge in [0.1, 0.15) is 0 Å². The Hall–Kier alpha value is -0.450. The molecule has 1 atom stereocenters. The third kappa shape index (κ3) is 2.49. The highest BCUT2D eigenvalue weighted by atomic mass is 32.1. The van der Waals surface area contributed by atoms with E-state index in [1.165, 1.54) is 5.69 Å². The summed E-state index contributed by atoms with van der Waals surface area (Å²) in [5.74, 6) is 0. The lowest BCUT2D eigenvalue weighted by atomic mass is 10.3. The van der Waals surface area contributed by atoms with E-state index in [0.717, 1.165) is 26.2 Å². The normalized spacial score (nSPS) is 24.8. The Bertz CT molecular complexity index is 250. The van der Waals surface area contributed by atoms with Crippen molar-refractivity contribution in [1.82, 2.24) is 9.88 Å². The Kier molecular flexibility index (Phi) is 2.93. The molecule has 3 nitrogen and oxygen atoms in total. The summed E-state index contributed by atoms with van der Waals surface area (Å²) < 4.78 is 5.47. The fourth-order valence-electron chi connectivity index (χ4n) is 1.58. The molecule has 1 aromatic rings. The van der Waals surface area contributed by atoms with Crippen molar-refractivity contribution >= 4 is 11.3 Å². The van der Waals surface area contributed by atoms with Gasteiger partial charge in [0.25, 0.3) is 0 Å². The molecule has 0 spiro atoms. The molecule has 0 radical (unpaired) electrons. The van der Waals surface area contributed by atoms with Crippen LogP contribution in [-0.4, -0.2) is 35.7 Å². The number of hydrogen-bond donors (Lipinski definition) is 0. The lowest BCUT2D eigenvalue weighted by Crippen LogP contribution is -2.40. The summed E-state index contributed by atoms with van der Waals surface area (Å²) in [5.41, 5.74) is 3.07. The first-order valence-corrected chi connectivity index (χ1v) is 5.50. The Morgan fingerprint density at radius 2 is 2.69 bits per heavy atom. The average Bonchev–Trinajstić information content (AvgIpc) is 2.57. The largest absolute Gasteiger partial charge is 0.376 e. The van der Waals surface area contributed by atoms with Crippen LogP contribution in [0.15, 0.2) is 10.9 Å². The fourth-order valence-corrected chi connectivity index (χ4v) is 2.13. The molecule has 0 saturated carbocycles. The van der Waals surface area contributed by atoms with Crippen LogP contribution in [0.1, 0.15) is 12.6 Å². The summed E-state index contributed by atoms with van der Waals surface area (Å²) in [4.78, 5) is 6.66. The first-order chi connectivity index (χ1) is 6.34. The Morgan fingerprint density at radius 3 is 3.38 bits per heavy atom. The molecule has 1 aromatic heterocycles. The van der Waals surface area contributed by atoms with Crippen LogP contribution in [0, 0.1) is 0 Å². The van der Waals surface area contributed by atoms with Crippen LogP contribution in [0.3, 0.4) is 0 Å². The third-order valence-corrected chi connectivity index (χ3v) is 2.83. The van der Waals surface area contributed by atoms with E-state index in [1.54, 1.807) is 11.3 Å². The van der Waals surface area contributed by atoms with Crippen LogP contribution in [0.4, 0.5) is 0 Å². The van der Waals surface area contributed by atoms with E-state index in [2.05, 4.69) is 22.2 Å². The topological polar surface area (TPSA) is 25.4 Å². The number of morpholine rings is 1. The van der Waals surface area contributed by atoms with Crippen molar-refractivity contribution in [3.8, 4) is 0 Å². The summed E-state index contributed by atoms with van der Waals surface area (Å²) in [6.07, 6.45) is 0.368. The highest BCUT2D eigenvalue weighted by molar-refractivity contribution is 7.07. The highest BCUT2D eigenvalue weighted by Gasteiger charge is 2.16. The molecule has 0 bridgehead atoms. The second-order valence-electron chi connectivity index (χ2n) is 3.40. The predicted molar refractivity (Wildman–Crippen MR) is 52.8 cm³/mol. The Morgan fingerprint density at radius 1 is 1.77 bits per heavy atom. The zero-order chi connectivity index (χ0) is 9.10. The van der Waals surface area contributed by atoms with Crippen molar-refractivity contribution in [2.24, 2.45) is 0 Å². The Balaban J connectivity index is 1.87. The fraction of sp³-hybridized carbons (Fsp3) is 0.667. The van der Waals surface area contributed by atoms with E-state index < -0.39 is 0 Å². The molecule has 0 aromatic carbocycles. The number of nitrogens with zero attached hydrogens (tertiary/aromatic N) is 2. The summed E-state index contributed by atoms with van der Waals surface area (Å²) in [6, 6.07) is 0. The molecule has 4 heteroatoms. The van der Waals surface area contributed by atoms with E-state index in [-0.39, 0.29) is 0 Å². The molecule has 0 unspecified atom stereocenters. The van der Waals surface area contributed by atoms with Gasteiger partial charge < -0.3 is 4.74 Å². The van der Waals surface area contributed by atoms with Gasteiger partial charge in [0, 0.05) is 25.0 Å². The van der Waals surface area contributed by atoms with E-state index in [1.807, 2.05) is 5.51 Å². The number of aromatic nitrogens is 1. The first kappa shape index (κ1) is 9.12. The number of thiazole rings is 1. The molecule has 2 heterocycles. The second kappa shape index (κ2) is 4.17. The van der Waals surface area contributed by atoms with Crippen molar-refractivity contribution < 1.29 is 4.74 Å². The maximum absolute atomic E-state index is 5.47. The smallest absolute Gasteiger partial charge is 0.0795 e. The zero-order valence-corrected chi connectivity index (χ0v) is 8.59. The zero-order valence-electron chi connectivity index (χ0n) is 7.77. The molecule has 13 heavy (non-hydrogen) atoms. The van der Waals surface area contributed by atoms with Crippen LogP contribution in [0.25, 0.3) is 0 Å². The van der Waals surface area contributed by atoms with Crippen molar-refractivity contribution in [2.75, 3.05) is 19.7 Å². The van der Waals surface area contributed by atoms with Crippen molar-refractivity contribution in [1.29, 1.82) is 0 Å². The maximum atomic E-state index is 5.47. The quantitative estimate of drug-likeness (QED) is 0.717. The monoisotopic (exact) mass is 198 g/mol. The highest BCUT2D eigenvalue weighted by Crippen LogP contribution is 2.09. The van der Waals surface area contributed by atoms with Crippen molar-refractivity contribution in [2.45, 2.75) is 19.6 Å². The average molecular weight is 198 g/mol. The molecule has 0 aliphatic carbocycles. The number of rotatable bonds is 2. The minimum atomic E-state index is 0.368. The van der Waals surface area contributed by atoms with E-state index >= 15 is 0 Å². The summed E-state index contributed by atoms with van der Waals surface area (Å²) in [5, 5.41) is 2.11. The number of hydrogen-bond acceptors (Lipinski definition) is 4. The molecular weight excluding hydrogens is 184 g/mol. The molecule has 72 valence electrons. The lowest BCUT2D eigenvalue weighted by molar-refractivity contribution is -0.0215. The molecule has 1 fully saturated rings. The van der Waals surface area contributed by atoms with E-state index in [4.69, 9.17) is 4.74 Å². The minimum absolute atomic E-state index is 0.368. The van der Waals surface area contributed by atoms with Crippen LogP contribution in [0.2, 0.25) is 0 Å². The molecule has 0 N–H and O–H groups in total. The van der Waals surface area contributed by atoms with Crippen molar-refractivity contribution in [3.63, 3.8) is 0 Å². The van der Waals surface area contributed by atoms with Crippen LogP contribution in [-0.2, 0) is 11.3 Å². The van der Waals surface area contributed by atoms with Gasteiger partial charge in [0.15, 0.2) is 0 Å². The minimum Gasteiger partial charge on any atom is -0.376 e. The third-order valence-electron chi connectivity index (χ3n) is 2.19. The molecule has 2 rings (SSSR count). The van der Waals surface area contributed by atoms with Crippen LogP contribution < -0.4 is 0 Å². The van der Waals surface area contributed by atoms with E-state index in [9.17, 15) is 0 Å². The molecular formula is C9H14N2OS. The van der Waals surface area contributed by atoms with Crippen molar-refractivity contribution in [3.05, 3.63) is 16.6 Å². The van der Waals surface area contributed by atoms with Gasteiger partial charge in [-0.05, 0) is 6.92 Å². The lowest BCUT2D eigenvalue weighted by Gasteiger charge is -2.30. The van der Waals surface area contributed by atoms with Gasteiger partial charge >= 0.3 is 0 Å². The Labute approximate surface area is 82.3 Å². The van der Waals surface area contributed by atoms with Gasteiger partial charge in [-0.15, -0.1) is 11.3 Å². The van der Waals surface area contributed by atoms with Gasteiger partial charge in [-0.1, -0.05) is 0 Å². The van der Waals surface area contributed by atoms with Crippen LogP contribution >= 0.6 is 11.3 Å². The van der Waals surface area contributed by atoms with Gasteiger partial charge in [-0.25, -0.2) is 4.98 Å². The standard InChI is InChI=1S/C9H14N2OS/c1-8-4-11(2-3-12-8)5-9-6-13-7-10-9/h6-8H,2-5H2,1H3/t8-/m1/s1. The number of ether oxygens (including phenoxy) is 1. The van der Waals surface area contributed by atoms with Gasteiger partial charge in [-0.2, -0.15) is 0 Å². The molecule has 1 saturated heterocycles. The summed E-state index contributed by atoms with van der Waals surface area (Å²) in [7, 11) is 0. The van der Waals surface area contributed by atoms with Crippen LogP contribution in [0.5, 0.6) is 0 Å². The van der Waals surface area contributed by atoms with E-state index in [0.29, 0.717) is 6.10 Å². The maximum Gasteiger partial charge on any atom is 0.0795 e. The predicted octanol–water partition coefficient (Wildman–Crippen LogP) is 1.36. The SMILES string of the molecule is C[C@@H]1CN(Cc2cscn2)CCO1. The molecule has 1 aliphatic rings. The van der Waals surface area contributed by atoms with Gasteiger partial charge in [0.2, 0.25) is 0 Å². The first-order valence-electron chi connectivity index (χ1n) is 4.55. The summed E-state index contributed by atoms with van der Waals surface area (Å²) >= 11 is 1.66. The van der Waals surface area contributed by atoms with Gasteiger partial charge in [0.05, 0.1) is 23.9 Å². The summed E-state index contributed by atoms with van der Waals surface area (Å²) in [6.45, 7) is 6.00. The van der Waals surface area contributed by atoms with Gasteiger partial charge in [-0.3, -0.25) is 4.90 Å². The molecule has 1 aliphatic heterocycles. The second-order valence-corrected chi connectivity index (χ2v) is 4.11. The molecule has 0 amide bonds.